The zero-order chi connectivity index (χ0) is 16.1. The third-order valence-electron chi connectivity index (χ3n) is 4.13. The molecule has 0 amide bonds. The van der Waals surface area contributed by atoms with Crippen LogP contribution in [0.25, 0.3) is 21.5 Å². The summed E-state index contributed by atoms with van der Waals surface area (Å²) >= 11 is 1.73. The lowest BCUT2D eigenvalue weighted by Gasteiger charge is -2.19. The van der Waals surface area contributed by atoms with E-state index >= 15 is 0 Å². The van der Waals surface area contributed by atoms with Crippen LogP contribution in [0.2, 0.25) is 0 Å². The molecule has 3 rings (SSSR count). The third kappa shape index (κ3) is 4.12. The monoisotopic (exact) mass is 343 g/mol. The van der Waals surface area contributed by atoms with Crippen molar-refractivity contribution in [1.29, 1.82) is 0 Å². The number of nitrogens with one attached hydrogen (secondary N) is 1. The summed E-state index contributed by atoms with van der Waals surface area (Å²) in [6.07, 6.45) is 0. The van der Waals surface area contributed by atoms with Gasteiger partial charge in [0, 0.05) is 24.2 Å². The molecule has 128 valence electrons. The van der Waals surface area contributed by atoms with Crippen molar-refractivity contribution in [3.8, 4) is 10.6 Å². The summed E-state index contributed by atoms with van der Waals surface area (Å²) in [5.41, 5.74) is 3.26. The average Bonchev–Trinajstić information content (AvgIpc) is 3.13. The Kier molecular flexibility index (Phi) is 6.73. The summed E-state index contributed by atoms with van der Waals surface area (Å²) in [6, 6.07) is 14.7. The molecule has 0 aliphatic carbocycles. The van der Waals surface area contributed by atoms with Gasteiger partial charge in [-0.25, -0.2) is 4.98 Å². The SMILES string of the molecule is CCN(CC)CCNc1cc(-c2cccs2)nc2ccccc12.O. The molecule has 0 aliphatic heterocycles. The molecule has 24 heavy (non-hydrogen) atoms. The van der Waals surface area contributed by atoms with Gasteiger partial charge in [0.05, 0.1) is 16.1 Å². The van der Waals surface area contributed by atoms with Crippen LogP contribution in [-0.2, 0) is 0 Å². The summed E-state index contributed by atoms with van der Waals surface area (Å²) < 4.78 is 0. The Labute approximate surface area is 147 Å². The second-order valence-electron chi connectivity index (χ2n) is 5.50. The number of aromatic nitrogens is 1. The second-order valence-corrected chi connectivity index (χ2v) is 6.45. The third-order valence-corrected chi connectivity index (χ3v) is 5.02. The van der Waals surface area contributed by atoms with Crippen molar-refractivity contribution in [3.05, 3.63) is 47.8 Å². The quantitative estimate of drug-likeness (QED) is 0.708. The minimum Gasteiger partial charge on any atom is -0.412 e. The maximum Gasteiger partial charge on any atom is 0.0829 e. The standard InChI is InChI=1S/C19H23N3S.H2O/c1-3-22(4-2)12-11-20-17-14-18(19-10-7-13-23-19)21-16-9-6-5-8-15(16)17;/h5-10,13-14H,3-4,11-12H2,1-2H3,(H,20,21);1H2. The van der Waals surface area contributed by atoms with E-state index < -0.39 is 0 Å². The molecular formula is C19H25N3OS. The molecular weight excluding hydrogens is 318 g/mol. The maximum atomic E-state index is 4.81. The van der Waals surface area contributed by atoms with Crippen LogP contribution in [0.15, 0.2) is 47.8 Å². The summed E-state index contributed by atoms with van der Waals surface area (Å²) in [4.78, 5) is 8.45. The van der Waals surface area contributed by atoms with Gasteiger partial charge in [0.15, 0.2) is 0 Å². The van der Waals surface area contributed by atoms with Crippen molar-refractivity contribution in [3.63, 3.8) is 0 Å². The Balaban J connectivity index is 0.00000208. The van der Waals surface area contributed by atoms with Crippen LogP contribution in [0.5, 0.6) is 0 Å². The van der Waals surface area contributed by atoms with Crippen LogP contribution in [-0.4, -0.2) is 41.5 Å². The summed E-state index contributed by atoms with van der Waals surface area (Å²) in [6.45, 7) is 8.60. The number of rotatable bonds is 7. The van der Waals surface area contributed by atoms with Crippen LogP contribution < -0.4 is 5.32 Å². The lowest BCUT2D eigenvalue weighted by atomic mass is 10.1. The Hall–Kier alpha value is -1.95. The van der Waals surface area contributed by atoms with E-state index in [2.05, 4.69) is 65.8 Å². The molecule has 3 aromatic rings. The number of para-hydroxylation sites is 1. The fraction of sp³-hybridized carbons (Fsp3) is 0.316. The number of benzene rings is 1. The molecule has 1 aromatic carbocycles. The van der Waals surface area contributed by atoms with Gasteiger partial charge in [-0.3, -0.25) is 0 Å². The van der Waals surface area contributed by atoms with E-state index in [1.807, 2.05) is 6.07 Å². The van der Waals surface area contributed by atoms with E-state index in [1.165, 1.54) is 16.0 Å². The first-order valence-corrected chi connectivity index (χ1v) is 9.09. The van der Waals surface area contributed by atoms with E-state index in [1.54, 1.807) is 11.3 Å². The van der Waals surface area contributed by atoms with Crippen LogP contribution in [0.3, 0.4) is 0 Å². The maximum absolute atomic E-state index is 4.81. The van der Waals surface area contributed by atoms with Crippen molar-refractivity contribution in [2.24, 2.45) is 0 Å². The molecule has 0 saturated carbocycles. The number of hydrogen-bond donors (Lipinski definition) is 1. The molecule has 0 atom stereocenters. The number of anilines is 1. The fourth-order valence-corrected chi connectivity index (χ4v) is 3.45. The Morgan fingerprint density at radius 2 is 1.88 bits per heavy atom. The zero-order valence-electron chi connectivity index (χ0n) is 14.2. The molecule has 2 heterocycles. The first kappa shape index (κ1) is 18.4. The van der Waals surface area contributed by atoms with Gasteiger partial charge in [0.1, 0.15) is 0 Å². The number of hydrogen-bond acceptors (Lipinski definition) is 4. The lowest BCUT2D eigenvalue weighted by Crippen LogP contribution is -2.28. The number of likely N-dealkylation sites (N-methyl/N-ethyl adjacent to an activating group) is 1. The van der Waals surface area contributed by atoms with E-state index in [4.69, 9.17) is 4.98 Å². The minimum atomic E-state index is 0. The van der Waals surface area contributed by atoms with E-state index in [9.17, 15) is 0 Å². The van der Waals surface area contributed by atoms with E-state index in [0.29, 0.717) is 0 Å². The van der Waals surface area contributed by atoms with Gasteiger partial charge < -0.3 is 15.7 Å². The predicted octanol–water partition coefficient (Wildman–Crippen LogP) is 3.89. The molecule has 0 spiro atoms. The van der Waals surface area contributed by atoms with Crippen molar-refractivity contribution >= 4 is 27.9 Å². The van der Waals surface area contributed by atoms with Crippen molar-refractivity contribution in [2.75, 3.05) is 31.5 Å². The van der Waals surface area contributed by atoms with Crippen LogP contribution in [0.4, 0.5) is 5.69 Å². The van der Waals surface area contributed by atoms with Gasteiger partial charge in [0.2, 0.25) is 0 Å². The minimum absolute atomic E-state index is 0. The van der Waals surface area contributed by atoms with Crippen molar-refractivity contribution in [2.45, 2.75) is 13.8 Å². The Bertz CT molecular complexity index is 754. The number of fused-ring (bicyclic) bond motifs is 1. The molecule has 0 bridgehead atoms. The summed E-state index contributed by atoms with van der Waals surface area (Å²) in [5.74, 6) is 0. The molecule has 5 heteroatoms. The molecule has 0 fully saturated rings. The molecule has 0 aliphatic rings. The average molecular weight is 343 g/mol. The number of thiophene rings is 1. The molecule has 4 nitrogen and oxygen atoms in total. The smallest absolute Gasteiger partial charge is 0.0829 e. The molecule has 3 N–H and O–H groups in total. The normalized spacial score (nSPS) is 10.8. The highest BCUT2D eigenvalue weighted by Crippen LogP contribution is 2.30. The molecule has 0 saturated heterocycles. The first-order valence-electron chi connectivity index (χ1n) is 8.21. The number of pyridine rings is 1. The topological polar surface area (TPSA) is 59.7 Å². The fourth-order valence-electron chi connectivity index (χ4n) is 2.76. The zero-order valence-corrected chi connectivity index (χ0v) is 15.1. The van der Waals surface area contributed by atoms with Crippen molar-refractivity contribution < 1.29 is 5.48 Å². The largest absolute Gasteiger partial charge is 0.412 e. The lowest BCUT2D eigenvalue weighted by molar-refractivity contribution is 0.316. The van der Waals surface area contributed by atoms with Gasteiger partial charge in [-0.1, -0.05) is 38.1 Å². The van der Waals surface area contributed by atoms with Crippen LogP contribution >= 0.6 is 11.3 Å². The van der Waals surface area contributed by atoms with Gasteiger partial charge in [-0.2, -0.15) is 0 Å². The highest BCUT2D eigenvalue weighted by Gasteiger charge is 2.08. The van der Waals surface area contributed by atoms with E-state index in [0.717, 1.165) is 37.4 Å². The summed E-state index contributed by atoms with van der Waals surface area (Å²) in [7, 11) is 0. The highest BCUT2D eigenvalue weighted by atomic mass is 32.1. The van der Waals surface area contributed by atoms with E-state index in [-0.39, 0.29) is 5.48 Å². The van der Waals surface area contributed by atoms with Crippen LogP contribution in [0.1, 0.15) is 13.8 Å². The first-order chi connectivity index (χ1) is 11.3. The number of nitrogens with zero attached hydrogens (tertiary/aromatic N) is 2. The Morgan fingerprint density at radius 3 is 2.58 bits per heavy atom. The molecule has 2 aromatic heterocycles. The van der Waals surface area contributed by atoms with Gasteiger partial charge in [-0.15, -0.1) is 11.3 Å². The second kappa shape index (κ2) is 8.78. The predicted molar refractivity (Wildman–Crippen MR) is 105 cm³/mol. The Morgan fingerprint density at radius 1 is 1.08 bits per heavy atom. The van der Waals surface area contributed by atoms with Gasteiger partial charge in [-0.05, 0) is 36.7 Å². The van der Waals surface area contributed by atoms with Gasteiger partial charge in [0.25, 0.3) is 0 Å². The van der Waals surface area contributed by atoms with Gasteiger partial charge >= 0.3 is 0 Å². The molecule has 0 unspecified atom stereocenters. The molecule has 0 radical (unpaired) electrons. The highest BCUT2D eigenvalue weighted by molar-refractivity contribution is 7.13. The summed E-state index contributed by atoms with van der Waals surface area (Å²) in [5, 5.41) is 6.90. The van der Waals surface area contributed by atoms with Crippen LogP contribution in [0, 0.1) is 0 Å². The van der Waals surface area contributed by atoms with Crippen molar-refractivity contribution in [1.82, 2.24) is 9.88 Å².